The van der Waals surface area contributed by atoms with E-state index in [1.54, 1.807) is 0 Å². The molecule has 2 heterocycles. The third kappa shape index (κ3) is 4.53. The van der Waals surface area contributed by atoms with E-state index < -0.39 is 0 Å². The van der Waals surface area contributed by atoms with Crippen molar-refractivity contribution in [2.75, 3.05) is 64.5 Å². The van der Waals surface area contributed by atoms with Crippen LogP contribution in [0.1, 0.15) is 0 Å². The lowest BCUT2D eigenvalue weighted by molar-refractivity contribution is -0.0851. The number of ether oxygens (including phenoxy) is 2. The maximum Gasteiger partial charge on any atom is 0.193 e. The standard InChI is InChI=1S/C17H25ClN4O2/c1-19-17(20-12-16-13-23-9-10-24-16)22-7-5-21(6-8-22)15-4-2-3-14(18)11-15/h2-4,11,16H,5-10,12-13H2,1H3,(H,19,20). The average Bonchev–Trinajstić information content (AvgIpc) is 2.64. The molecule has 0 bridgehead atoms. The molecule has 0 aliphatic carbocycles. The first-order valence-corrected chi connectivity index (χ1v) is 8.79. The molecule has 2 fully saturated rings. The number of hydrogen-bond donors (Lipinski definition) is 1. The zero-order chi connectivity index (χ0) is 16.8. The summed E-state index contributed by atoms with van der Waals surface area (Å²) in [5, 5.41) is 4.18. The first-order chi connectivity index (χ1) is 11.8. The summed E-state index contributed by atoms with van der Waals surface area (Å²) in [5.74, 6) is 0.926. The maximum atomic E-state index is 6.09. The van der Waals surface area contributed by atoms with Crippen molar-refractivity contribution in [3.05, 3.63) is 29.3 Å². The molecule has 24 heavy (non-hydrogen) atoms. The molecule has 0 saturated carbocycles. The van der Waals surface area contributed by atoms with E-state index in [0.717, 1.165) is 43.7 Å². The van der Waals surface area contributed by atoms with Gasteiger partial charge in [-0.3, -0.25) is 4.99 Å². The molecule has 3 rings (SSSR count). The molecule has 1 N–H and O–H groups in total. The lowest BCUT2D eigenvalue weighted by Gasteiger charge is -2.38. The lowest BCUT2D eigenvalue weighted by atomic mass is 10.2. The highest BCUT2D eigenvalue weighted by atomic mass is 35.5. The zero-order valence-electron chi connectivity index (χ0n) is 14.1. The highest BCUT2D eigenvalue weighted by Gasteiger charge is 2.21. The minimum absolute atomic E-state index is 0.100. The molecule has 1 unspecified atom stereocenters. The van der Waals surface area contributed by atoms with Crippen LogP contribution in [0.15, 0.2) is 29.3 Å². The minimum Gasteiger partial charge on any atom is -0.376 e. The topological polar surface area (TPSA) is 49.3 Å². The van der Waals surface area contributed by atoms with Gasteiger partial charge < -0.3 is 24.6 Å². The molecule has 2 aliphatic rings. The Balaban J connectivity index is 1.49. The van der Waals surface area contributed by atoms with Crippen molar-refractivity contribution in [3.8, 4) is 0 Å². The third-order valence-corrected chi connectivity index (χ3v) is 4.57. The van der Waals surface area contributed by atoms with Crippen LogP contribution in [0.4, 0.5) is 5.69 Å². The van der Waals surface area contributed by atoms with Gasteiger partial charge in [-0.25, -0.2) is 0 Å². The van der Waals surface area contributed by atoms with Crippen molar-refractivity contribution in [1.29, 1.82) is 0 Å². The zero-order valence-corrected chi connectivity index (χ0v) is 14.8. The quantitative estimate of drug-likeness (QED) is 0.659. The maximum absolute atomic E-state index is 6.09. The number of nitrogens with zero attached hydrogens (tertiary/aromatic N) is 3. The Morgan fingerprint density at radius 3 is 2.79 bits per heavy atom. The van der Waals surface area contributed by atoms with E-state index in [9.17, 15) is 0 Å². The van der Waals surface area contributed by atoms with Gasteiger partial charge in [-0.1, -0.05) is 17.7 Å². The molecule has 132 valence electrons. The second kappa shape index (κ2) is 8.55. The van der Waals surface area contributed by atoms with Crippen LogP contribution in [0.25, 0.3) is 0 Å². The van der Waals surface area contributed by atoms with Crippen LogP contribution < -0.4 is 10.2 Å². The SMILES string of the molecule is CN=C(NCC1COCCO1)N1CCN(c2cccc(Cl)c2)CC1. The first kappa shape index (κ1) is 17.3. The van der Waals surface area contributed by atoms with Crippen LogP contribution >= 0.6 is 11.6 Å². The van der Waals surface area contributed by atoms with Crippen LogP contribution in [-0.2, 0) is 9.47 Å². The molecule has 2 aliphatic heterocycles. The highest BCUT2D eigenvalue weighted by molar-refractivity contribution is 6.30. The number of rotatable bonds is 3. The summed E-state index contributed by atoms with van der Waals surface area (Å²) in [6.45, 7) is 6.48. The second-order valence-electron chi connectivity index (χ2n) is 5.95. The summed E-state index contributed by atoms with van der Waals surface area (Å²) in [6, 6.07) is 8.03. The Kier molecular flexibility index (Phi) is 6.18. The molecule has 2 saturated heterocycles. The Hall–Kier alpha value is -1.50. The van der Waals surface area contributed by atoms with E-state index >= 15 is 0 Å². The van der Waals surface area contributed by atoms with E-state index in [2.05, 4.69) is 26.2 Å². The number of piperazine rings is 1. The van der Waals surface area contributed by atoms with Crippen molar-refractivity contribution in [3.63, 3.8) is 0 Å². The summed E-state index contributed by atoms with van der Waals surface area (Å²) >= 11 is 6.09. The molecule has 0 radical (unpaired) electrons. The van der Waals surface area contributed by atoms with Crippen LogP contribution in [0.2, 0.25) is 5.02 Å². The van der Waals surface area contributed by atoms with Crippen molar-refractivity contribution in [2.45, 2.75) is 6.10 Å². The molecule has 0 aromatic heterocycles. The summed E-state index contributed by atoms with van der Waals surface area (Å²) in [4.78, 5) is 9.04. The molecule has 1 atom stereocenters. The summed E-state index contributed by atoms with van der Waals surface area (Å²) < 4.78 is 11.1. The largest absolute Gasteiger partial charge is 0.376 e. The van der Waals surface area contributed by atoms with Gasteiger partial charge in [0.2, 0.25) is 0 Å². The van der Waals surface area contributed by atoms with Gasteiger partial charge >= 0.3 is 0 Å². The average molecular weight is 353 g/mol. The first-order valence-electron chi connectivity index (χ1n) is 8.42. The fourth-order valence-corrected chi connectivity index (χ4v) is 3.23. The number of guanidine groups is 1. The van der Waals surface area contributed by atoms with Crippen molar-refractivity contribution in [1.82, 2.24) is 10.2 Å². The van der Waals surface area contributed by atoms with E-state index in [0.29, 0.717) is 19.8 Å². The number of halogens is 1. The fraction of sp³-hybridized carbons (Fsp3) is 0.588. The molecule has 1 aromatic carbocycles. The molecular weight excluding hydrogens is 328 g/mol. The number of aliphatic imine (C=N–C) groups is 1. The monoisotopic (exact) mass is 352 g/mol. The Morgan fingerprint density at radius 2 is 2.12 bits per heavy atom. The Morgan fingerprint density at radius 1 is 1.29 bits per heavy atom. The van der Waals surface area contributed by atoms with Gasteiger partial charge in [-0.05, 0) is 18.2 Å². The van der Waals surface area contributed by atoms with Crippen molar-refractivity contribution >= 4 is 23.2 Å². The number of anilines is 1. The predicted octanol–water partition coefficient (Wildman–Crippen LogP) is 1.45. The van der Waals surface area contributed by atoms with Crippen molar-refractivity contribution < 1.29 is 9.47 Å². The molecule has 0 spiro atoms. The highest BCUT2D eigenvalue weighted by Crippen LogP contribution is 2.20. The van der Waals surface area contributed by atoms with Gasteiger partial charge in [0.1, 0.15) is 0 Å². The van der Waals surface area contributed by atoms with Gasteiger partial charge in [0.05, 0.1) is 25.9 Å². The number of benzene rings is 1. The summed E-state index contributed by atoms with van der Waals surface area (Å²) in [7, 11) is 1.82. The second-order valence-corrected chi connectivity index (χ2v) is 6.39. The van der Waals surface area contributed by atoms with Crippen LogP contribution in [0.3, 0.4) is 0 Å². The van der Waals surface area contributed by atoms with E-state index in [1.807, 2.05) is 25.2 Å². The van der Waals surface area contributed by atoms with Gasteiger partial charge in [0.25, 0.3) is 0 Å². The molecule has 6 nitrogen and oxygen atoms in total. The van der Waals surface area contributed by atoms with Crippen LogP contribution in [-0.4, -0.2) is 76.6 Å². The molecule has 1 aromatic rings. The minimum atomic E-state index is 0.100. The number of hydrogen-bond acceptors (Lipinski definition) is 4. The van der Waals surface area contributed by atoms with Gasteiger partial charge in [-0.2, -0.15) is 0 Å². The van der Waals surface area contributed by atoms with E-state index in [1.165, 1.54) is 5.69 Å². The van der Waals surface area contributed by atoms with Crippen LogP contribution in [0, 0.1) is 0 Å². The summed E-state index contributed by atoms with van der Waals surface area (Å²) in [5.41, 5.74) is 1.18. The molecule has 0 amide bonds. The Labute approximate surface area is 148 Å². The van der Waals surface area contributed by atoms with Gasteiger partial charge in [0, 0.05) is 50.5 Å². The predicted molar refractivity (Wildman–Crippen MR) is 97.2 cm³/mol. The smallest absolute Gasteiger partial charge is 0.193 e. The third-order valence-electron chi connectivity index (χ3n) is 4.34. The lowest BCUT2D eigenvalue weighted by Crippen LogP contribution is -2.54. The molecular formula is C17H25ClN4O2. The summed E-state index contributed by atoms with van der Waals surface area (Å²) in [6.07, 6.45) is 0.100. The van der Waals surface area contributed by atoms with Gasteiger partial charge in [0.15, 0.2) is 5.96 Å². The van der Waals surface area contributed by atoms with Gasteiger partial charge in [-0.15, -0.1) is 0 Å². The number of nitrogens with one attached hydrogen (secondary N) is 1. The van der Waals surface area contributed by atoms with E-state index in [-0.39, 0.29) is 6.10 Å². The fourth-order valence-electron chi connectivity index (χ4n) is 3.04. The van der Waals surface area contributed by atoms with E-state index in [4.69, 9.17) is 21.1 Å². The normalized spacial score (nSPS) is 22.6. The van der Waals surface area contributed by atoms with Crippen LogP contribution in [0.5, 0.6) is 0 Å². The Bertz CT molecular complexity index is 555. The molecule has 7 heteroatoms. The van der Waals surface area contributed by atoms with Crippen molar-refractivity contribution in [2.24, 2.45) is 4.99 Å².